The third-order valence-electron chi connectivity index (χ3n) is 0.487. The van der Waals surface area contributed by atoms with Crippen molar-refractivity contribution in [2.24, 2.45) is 0 Å². The van der Waals surface area contributed by atoms with E-state index in [-0.39, 0.29) is 0 Å². The van der Waals surface area contributed by atoms with E-state index in [0.29, 0.717) is 5.41 Å². The summed E-state index contributed by atoms with van der Waals surface area (Å²) < 4.78 is 42.7. The van der Waals surface area contributed by atoms with Gasteiger partial charge in [-0.25, -0.2) is 16.8 Å². The van der Waals surface area contributed by atoms with E-state index in [4.69, 9.17) is 0 Å². The van der Waals surface area contributed by atoms with Gasteiger partial charge in [0.15, 0.2) is 0 Å². The highest BCUT2D eigenvalue weighted by Crippen LogP contribution is 1.86. The van der Waals surface area contributed by atoms with Gasteiger partial charge in [0.05, 0.1) is 6.26 Å². The quantitative estimate of drug-likeness (QED) is 0.612. The first-order valence-corrected chi connectivity index (χ1v) is 5.56. The number of nitrogens with one attached hydrogen (secondary N) is 1. The van der Waals surface area contributed by atoms with Crippen LogP contribution in [0.25, 0.3) is 0 Å². The van der Waals surface area contributed by atoms with Gasteiger partial charge in [-0.2, -0.15) is 0 Å². The maximum atomic E-state index is 10.4. The highest BCUT2D eigenvalue weighted by Gasteiger charge is 2.10. The van der Waals surface area contributed by atoms with Crippen LogP contribution >= 0.6 is 0 Å². The molecule has 0 radical (unpaired) electrons. The first kappa shape index (κ1) is 9.60. The van der Waals surface area contributed by atoms with Gasteiger partial charge in [0.1, 0.15) is 0 Å². The van der Waals surface area contributed by atoms with Crippen molar-refractivity contribution in [3.8, 4) is 0 Å². The predicted octanol–water partition coefficient (Wildman–Crippen LogP) is -0.991. The first-order chi connectivity index (χ1) is 4.27. The molecule has 0 unspecified atom stereocenters. The second-order valence-corrected chi connectivity index (χ2v) is 5.20. The topological polar surface area (TPSA) is 80.3 Å². The highest BCUT2D eigenvalue weighted by molar-refractivity contribution is 8.05. The smallest absolute Gasteiger partial charge is 0.212 e. The summed E-state index contributed by atoms with van der Waals surface area (Å²) in [6, 6.07) is 0. The second kappa shape index (κ2) is 2.69. The molecule has 0 heterocycles. The van der Waals surface area contributed by atoms with Crippen LogP contribution in [0.2, 0.25) is 0 Å². The van der Waals surface area contributed by atoms with Crippen LogP contribution in [0.5, 0.6) is 0 Å². The Hall–Kier alpha value is -0.400. The standard InChI is InChI=1S/C3H7NO4S2/c1-3-10(7,8)4-9(2,5)6/h3-4H,1H2,2H3. The van der Waals surface area contributed by atoms with Crippen molar-refractivity contribution in [3.63, 3.8) is 0 Å². The molecule has 0 spiro atoms. The van der Waals surface area contributed by atoms with Crippen molar-refractivity contribution in [2.75, 3.05) is 6.26 Å². The molecule has 0 aromatic rings. The van der Waals surface area contributed by atoms with E-state index in [1.54, 1.807) is 0 Å². The molecule has 0 fully saturated rings. The Labute approximate surface area is 59.9 Å². The summed E-state index contributed by atoms with van der Waals surface area (Å²) in [6.07, 6.45) is 0.744. The van der Waals surface area contributed by atoms with Crippen molar-refractivity contribution in [2.45, 2.75) is 0 Å². The maximum absolute atomic E-state index is 10.4. The second-order valence-electron chi connectivity index (χ2n) is 1.57. The van der Waals surface area contributed by atoms with Gasteiger partial charge in [-0.15, -0.1) is 4.13 Å². The number of sulfonamides is 2. The van der Waals surface area contributed by atoms with Gasteiger partial charge >= 0.3 is 0 Å². The van der Waals surface area contributed by atoms with Crippen LogP contribution in [-0.2, 0) is 20.0 Å². The van der Waals surface area contributed by atoms with Gasteiger partial charge in [0.2, 0.25) is 20.0 Å². The zero-order valence-electron chi connectivity index (χ0n) is 5.23. The molecule has 5 nitrogen and oxygen atoms in total. The van der Waals surface area contributed by atoms with Crippen LogP contribution in [0.1, 0.15) is 0 Å². The Morgan fingerprint density at radius 3 is 1.80 bits per heavy atom. The van der Waals surface area contributed by atoms with Crippen molar-refractivity contribution in [1.82, 2.24) is 4.13 Å². The van der Waals surface area contributed by atoms with Crippen LogP contribution in [0.15, 0.2) is 12.0 Å². The third kappa shape index (κ3) is 4.48. The number of hydrogen-bond donors (Lipinski definition) is 1. The van der Waals surface area contributed by atoms with Crippen molar-refractivity contribution >= 4 is 20.0 Å². The molecular weight excluding hydrogens is 178 g/mol. The van der Waals surface area contributed by atoms with Gasteiger partial charge in [-0.05, 0) is 0 Å². The summed E-state index contributed by atoms with van der Waals surface area (Å²) in [5.74, 6) is 0. The van der Waals surface area contributed by atoms with Crippen LogP contribution in [0.4, 0.5) is 0 Å². The lowest BCUT2D eigenvalue weighted by atomic mass is 11.3. The van der Waals surface area contributed by atoms with E-state index >= 15 is 0 Å². The molecule has 7 heteroatoms. The minimum absolute atomic E-state index is 0.522. The minimum Gasteiger partial charge on any atom is -0.212 e. The maximum Gasteiger partial charge on any atom is 0.246 e. The van der Waals surface area contributed by atoms with E-state index in [1.165, 1.54) is 4.13 Å². The molecule has 0 atom stereocenters. The van der Waals surface area contributed by atoms with Gasteiger partial charge in [-0.1, -0.05) is 6.58 Å². The molecule has 0 amide bonds. The SMILES string of the molecule is C=CS(=O)(=O)NS(C)(=O)=O. The number of hydrogen-bond acceptors (Lipinski definition) is 4. The first-order valence-electron chi connectivity index (χ1n) is 2.13. The molecule has 0 aliphatic carbocycles. The van der Waals surface area contributed by atoms with Gasteiger partial charge < -0.3 is 0 Å². The van der Waals surface area contributed by atoms with Crippen LogP contribution in [-0.4, -0.2) is 23.1 Å². The summed E-state index contributed by atoms with van der Waals surface area (Å²) in [5.41, 5.74) is 0. The molecule has 0 aliphatic heterocycles. The predicted molar refractivity (Wildman–Crippen MR) is 37.1 cm³/mol. The highest BCUT2D eigenvalue weighted by atomic mass is 32.3. The molecule has 1 N–H and O–H groups in total. The zero-order chi connectivity index (χ0) is 8.41. The molecule has 0 saturated carbocycles. The lowest BCUT2D eigenvalue weighted by Crippen LogP contribution is -2.27. The Kier molecular flexibility index (Phi) is 2.58. The molecule has 0 aromatic heterocycles. The summed E-state index contributed by atoms with van der Waals surface area (Å²) in [5, 5.41) is 0.522. The summed E-state index contributed by atoms with van der Waals surface area (Å²) >= 11 is 0. The Bertz CT molecular complexity index is 310. The molecule has 10 heavy (non-hydrogen) atoms. The third-order valence-corrected chi connectivity index (χ3v) is 3.07. The largest absolute Gasteiger partial charge is 0.246 e. The van der Waals surface area contributed by atoms with Gasteiger partial charge in [0.25, 0.3) is 0 Å². The fourth-order valence-corrected chi connectivity index (χ4v) is 2.21. The van der Waals surface area contributed by atoms with E-state index in [9.17, 15) is 16.8 Å². The van der Waals surface area contributed by atoms with Crippen molar-refractivity contribution in [3.05, 3.63) is 12.0 Å². The van der Waals surface area contributed by atoms with Crippen LogP contribution in [0.3, 0.4) is 0 Å². The van der Waals surface area contributed by atoms with Crippen molar-refractivity contribution < 1.29 is 16.8 Å². The Balaban J connectivity index is 4.65. The normalized spacial score (nSPS) is 12.9. The fraction of sp³-hybridized carbons (Fsp3) is 0.333. The summed E-state index contributed by atoms with van der Waals surface area (Å²) in [7, 11) is -7.55. The van der Waals surface area contributed by atoms with Gasteiger partial charge in [-0.3, -0.25) is 0 Å². The van der Waals surface area contributed by atoms with E-state index in [2.05, 4.69) is 6.58 Å². The molecule has 0 bridgehead atoms. The van der Waals surface area contributed by atoms with Gasteiger partial charge in [0, 0.05) is 5.41 Å². The fourth-order valence-electron chi connectivity index (χ4n) is 0.245. The average molecular weight is 185 g/mol. The molecule has 0 rings (SSSR count). The lowest BCUT2D eigenvalue weighted by molar-refractivity contribution is 0.585. The van der Waals surface area contributed by atoms with E-state index in [0.717, 1.165) is 6.26 Å². The number of rotatable bonds is 3. The average Bonchev–Trinajstić information content (AvgIpc) is 1.60. The monoisotopic (exact) mass is 185 g/mol. The molecule has 0 aromatic carbocycles. The molecular formula is C3H7NO4S2. The Morgan fingerprint density at radius 2 is 1.70 bits per heavy atom. The minimum atomic E-state index is -3.85. The van der Waals surface area contributed by atoms with Crippen LogP contribution < -0.4 is 4.13 Å². The van der Waals surface area contributed by atoms with E-state index in [1.807, 2.05) is 0 Å². The van der Waals surface area contributed by atoms with E-state index < -0.39 is 20.0 Å². The van der Waals surface area contributed by atoms with Crippen LogP contribution in [0, 0.1) is 0 Å². The Morgan fingerprint density at radius 1 is 1.30 bits per heavy atom. The molecule has 0 aliphatic rings. The summed E-state index contributed by atoms with van der Waals surface area (Å²) in [4.78, 5) is 0. The molecule has 0 saturated heterocycles. The van der Waals surface area contributed by atoms with Crippen molar-refractivity contribution in [1.29, 1.82) is 0 Å². The zero-order valence-corrected chi connectivity index (χ0v) is 6.87. The lowest BCUT2D eigenvalue weighted by Gasteiger charge is -1.96. The summed E-state index contributed by atoms with van der Waals surface area (Å²) in [6.45, 7) is 2.90. The molecule has 60 valence electrons.